The molecule has 1 aliphatic rings. The molecule has 4 heteroatoms. The molecule has 0 aromatic rings. The Morgan fingerprint density at radius 2 is 1.48 bits per heavy atom. The Balaban J connectivity index is 2.87. The van der Waals surface area contributed by atoms with Crippen molar-refractivity contribution in [2.75, 3.05) is 0 Å². The molecule has 1 fully saturated rings. The van der Waals surface area contributed by atoms with E-state index in [4.69, 9.17) is 4.74 Å². The van der Waals surface area contributed by atoms with Gasteiger partial charge in [0.25, 0.3) is 0 Å². The predicted octanol–water partition coefficient (Wildman–Crippen LogP) is 3.68. The lowest BCUT2D eigenvalue weighted by molar-refractivity contribution is -0.167. The number of piperidine rings is 1. The Kier molecular flexibility index (Phi) is 5.83. The standard InChI is InChI=1S/C17H31NO3/c1-7-9-14(19)18-16(3,4)11-13(12-17(18,5)6)21-15(20)10-8-2/h13H,7-12H2,1-6H3. The smallest absolute Gasteiger partial charge is 0.306 e. The molecule has 0 bridgehead atoms. The van der Waals surface area contributed by atoms with Gasteiger partial charge in [-0.2, -0.15) is 0 Å². The van der Waals surface area contributed by atoms with Crippen molar-refractivity contribution in [2.24, 2.45) is 0 Å². The molecule has 21 heavy (non-hydrogen) atoms. The number of hydrogen-bond acceptors (Lipinski definition) is 3. The van der Waals surface area contributed by atoms with Crippen LogP contribution in [0.4, 0.5) is 0 Å². The van der Waals surface area contributed by atoms with E-state index in [9.17, 15) is 9.59 Å². The summed E-state index contributed by atoms with van der Waals surface area (Å²) < 4.78 is 5.61. The summed E-state index contributed by atoms with van der Waals surface area (Å²) in [5.41, 5.74) is -0.573. The third-order valence-electron chi connectivity index (χ3n) is 4.13. The van der Waals surface area contributed by atoms with E-state index < -0.39 is 0 Å². The summed E-state index contributed by atoms with van der Waals surface area (Å²) in [6.07, 6.45) is 4.03. The van der Waals surface area contributed by atoms with E-state index in [1.165, 1.54) is 0 Å². The highest BCUT2D eigenvalue weighted by atomic mass is 16.5. The average Bonchev–Trinajstić information content (AvgIpc) is 2.25. The number of carbonyl (C=O) groups is 2. The lowest BCUT2D eigenvalue weighted by Gasteiger charge is -2.55. The lowest BCUT2D eigenvalue weighted by Crippen LogP contribution is -2.64. The molecule has 0 radical (unpaired) electrons. The minimum atomic E-state index is -0.287. The van der Waals surface area contributed by atoms with E-state index in [1.54, 1.807) is 0 Å². The molecule has 0 aromatic heterocycles. The molecular weight excluding hydrogens is 266 g/mol. The van der Waals surface area contributed by atoms with Crippen molar-refractivity contribution < 1.29 is 14.3 Å². The summed E-state index contributed by atoms with van der Waals surface area (Å²) >= 11 is 0. The highest BCUT2D eigenvalue weighted by Crippen LogP contribution is 2.40. The van der Waals surface area contributed by atoms with Gasteiger partial charge >= 0.3 is 5.97 Å². The van der Waals surface area contributed by atoms with E-state index in [1.807, 2.05) is 18.7 Å². The van der Waals surface area contributed by atoms with Crippen LogP contribution < -0.4 is 0 Å². The largest absolute Gasteiger partial charge is 0.462 e. The number of carbonyl (C=O) groups excluding carboxylic acids is 2. The molecule has 0 aromatic carbocycles. The first-order valence-corrected chi connectivity index (χ1v) is 8.16. The van der Waals surface area contributed by atoms with Gasteiger partial charge in [0.05, 0.1) is 0 Å². The van der Waals surface area contributed by atoms with Crippen LogP contribution in [0, 0.1) is 0 Å². The van der Waals surface area contributed by atoms with Crippen molar-refractivity contribution in [1.29, 1.82) is 0 Å². The van der Waals surface area contributed by atoms with Gasteiger partial charge in [0.1, 0.15) is 6.10 Å². The molecular formula is C17H31NO3. The number of nitrogens with zero attached hydrogens (tertiary/aromatic N) is 1. The number of hydrogen-bond donors (Lipinski definition) is 0. The van der Waals surface area contributed by atoms with Gasteiger partial charge in [-0.25, -0.2) is 0 Å². The quantitative estimate of drug-likeness (QED) is 0.727. The Morgan fingerprint density at radius 1 is 1.00 bits per heavy atom. The van der Waals surface area contributed by atoms with E-state index in [0.29, 0.717) is 25.7 Å². The Bertz CT molecular complexity index is 369. The third kappa shape index (κ3) is 4.45. The van der Waals surface area contributed by atoms with Crippen molar-refractivity contribution in [3.8, 4) is 0 Å². The molecule has 0 aliphatic carbocycles. The van der Waals surface area contributed by atoms with Crippen molar-refractivity contribution in [1.82, 2.24) is 4.90 Å². The van der Waals surface area contributed by atoms with Crippen LogP contribution in [0.25, 0.3) is 0 Å². The van der Waals surface area contributed by atoms with Crippen molar-refractivity contribution in [2.45, 2.75) is 97.2 Å². The molecule has 0 unspecified atom stereocenters. The maximum absolute atomic E-state index is 12.5. The Hall–Kier alpha value is -1.06. The van der Waals surface area contributed by atoms with E-state index in [-0.39, 0.29) is 29.1 Å². The fourth-order valence-corrected chi connectivity index (χ4v) is 3.72. The maximum atomic E-state index is 12.5. The van der Waals surface area contributed by atoms with Crippen LogP contribution in [0.2, 0.25) is 0 Å². The zero-order chi connectivity index (χ0) is 16.3. The van der Waals surface area contributed by atoms with Gasteiger partial charge in [-0.15, -0.1) is 0 Å². The molecule has 0 spiro atoms. The number of ether oxygens (including phenoxy) is 1. The second-order valence-electron chi connectivity index (χ2n) is 7.37. The second kappa shape index (κ2) is 6.80. The average molecular weight is 297 g/mol. The minimum absolute atomic E-state index is 0.0975. The van der Waals surface area contributed by atoms with Crippen LogP contribution in [0.1, 0.15) is 80.1 Å². The van der Waals surface area contributed by atoms with E-state index in [0.717, 1.165) is 12.8 Å². The van der Waals surface area contributed by atoms with Gasteiger partial charge in [0, 0.05) is 36.8 Å². The van der Waals surface area contributed by atoms with Gasteiger partial charge in [0.15, 0.2) is 0 Å². The fraction of sp³-hybridized carbons (Fsp3) is 0.882. The number of rotatable bonds is 5. The zero-order valence-electron chi connectivity index (χ0n) is 14.5. The molecule has 0 N–H and O–H groups in total. The highest BCUT2D eigenvalue weighted by Gasteiger charge is 2.48. The van der Waals surface area contributed by atoms with Crippen LogP contribution >= 0.6 is 0 Å². The van der Waals surface area contributed by atoms with Crippen molar-refractivity contribution >= 4 is 11.9 Å². The summed E-state index contributed by atoms with van der Waals surface area (Å²) in [6.45, 7) is 12.3. The third-order valence-corrected chi connectivity index (χ3v) is 4.13. The van der Waals surface area contributed by atoms with Gasteiger partial charge in [0.2, 0.25) is 5.91 Å². The van der Waals surface area contributed by atoms with Gasteiger partial charge in [-0.1, -0.05) is 13.8 Å². The highest BCUT2D eigenvalue weighted by molar-refractivity contribution is 5.78. The number of esters is 1. The summed E-state index contributed by atoms with van der Waals surface area (Å²) in [5, 5.41) is 0. The first-order valence-electron chi connectivity index (χ1n) is 8.16. The van der Waals surface area contributed by atoms with Crippen molar-refractivity contribution in [3.63, 3.8) is 0 Å². The summed E-state index contributed by atoms with van der Waals surface area (Å²) in [6, 6.07) is 0. The molecule has 1 aliphatic heterocycles. The Morgan fingerprint density at radius 3 is 1.90 bits per heavy atom. The molecule has 0 saturated carbocycles. The first-order chi connectivity index (χ1) is 9.64. The normalized spacial score (nSPS) is 21.1. The topological polar surface area (TPSA) is 46.6 Å². The van der Waals surface area contributed by atoms with Crippen LogP contribution in [-0.4, -0.2) is 34.0 Å². The fourth-order valence-electron chi connectivity index (χ4n) is 3.72. The van der Waals surface area contributed by atoms with Crippen LogP contribution in [0.15, 0.2) is 0 Å². The maximum Gasteiger partial charge on any atom is 0.306 e. The second-order valence-corrected chi connectivity index (χ2v) is 7.37. The summed E-state index contributed by atoms with van der Waals surface area (Å²) in [5.74, 6) is 0.0771. The summed E-state index contributed by atoms with van der Waals surface area (Å²) in [7, 11) is 0. The molecule has 122 valence electrons. The minimum Gasteiger partial charge on any atom is -0.462 e. The predicted molar refractivity (Wildman–Crippen MR) is 83.9 cm³/mol. The zero-order valence-corrected chi connectivity index (χ0v) is 14.5. The lowest BCUT2D eigenvalue weighted by atomic mass is 9.77. The number of amides is 1. The molecule has 0 atom stereocenters. The first kappa shape index (κ1) is 18.0. The van der Waals surface area contributed by atoms with Crippen molar-refractivity contribution in [3.05, 3.63) is 0 Å². The number of likely N-dealkylation sites (tertiary alicyclic amines) is 1. The SMILES string of the molecule is CCCC(=O)OC1CC(C)(C)N(C(=O)CCC)C(C)(C)C1. The monoisotopic (exact) mass is 297 g/mol. The molecule has 1 amide bonds. The van der Waals surface area contributed by atoms with Crippen LogP contribution in [-0.2, 0) is 14.3 Å². The Labute approximate surface area is 129 Å². The van der Waals surface area contributed by atoms with Crippen LogP contribution in [0.5, 0.6) is 0 Å². The van der Waals surface area contributed by atoms with Gasteiger partial charge < -0.3 is 9.64 Å². The van der Waals surface area contributed by atoms with Crippen LogP contribution in [0.3, 0.4) is 0 Å². The molecule has 4 nitrogen and oxygen atoms in total. The van der Waals surface area contributed by atoms with E-state index in [2.05, 4.69) is 27.7 Å². The molecule has 1 heterocycles. The summed E-state index contributed by atoms with van der Waals surface area (Å²) in [4.78, 5) is 26.2. The van der Waals surface area contributed by atoms with Gasteiger partial charge in [-0.05, 0) is 40.5 Å². The molecule has 1 rings (SSSR count). The van der Waals surface area contributed by atoms with E-state index >= 15 is 0 Å². The van der Waals surface area contributed by atoms with Gasteiger partial charge in [-0.3, -0.25) is 9.59 Å². The molecule has 1 saturated heterocycles.